The molecule has 0 aromatic carbocycles. The molecule has 0 fully saturated rings. The van der Waals surface area contributed by atoms with Crippen molar-refractivity contribution in [3.05, 3.63) is 0 Å². The number of hydrogen-bond acceptors (Lipinski definition) is 2. The molecule has 0 rings (SSSR count). The Labute approximate surface area is 40.0 Å². The highest BCUT2D eigenvalue weighted by Crippen LogP contribution is 1.63. The molecule has 0 radical (unpaired) electrons. The van der Waals surface area contributed by atoms with Gasteiger partial charge in [-0.15, -0.1) is 6.42 Å². The molecule has 0 amide bonds. The van der Waals surface area contributed by atoms with Gasteiger partial charge in [0.05, 0.1) is 0 Å². The highest BCUT2D eigenvalue weighted by Gasteiger charge is 2.03. The zero-order valence-corrected chi connectivity index (χ0v) is 3.34. The molecule has 0 atom stereocenters. The van der Waals surface area contributed by atoms with E-state index in [9.17, 15) is 9.59 Å². The van der Waals surface area contributed by atoms with E-state index in [0.717, 1.165) is 0 Å². The summed E-state index contributed by atoms with van der Waals surface area (Å²) in [7, 11) is 0. The number of Topliss-reactive ketones (excluding diaryl/α,β-unsaturated/α-hetero) is 1. The van der Waals surface area contributed by atoms with Crippen molar-refractivity contribution in [3.63, 3.8) is 0 Å². The van der Waals surface area contributed by atoms with E-state index in [1.807, 2.05) is 0 Å². The third kappa shape index (κ3) is 1.55. The average Bonchev–Trinajstić information content (AvgIpc) is 1.65. The summed E-state index contributed by atoms with van der Waals surface area (Å²) in [5, 5.41) is 7.69. The average molecular weight is 98.1 g/mol. The number of carbonyl (C=O) groups is 2. The maximum absolute atomic E-state index is 9.68. The van der Waals surface area contributed by atoms with Gasteiger partial charge >= 0.3 is 11.8 Å². The molecule has 0 saturated carbocycles. The Bertz CT molecular complexity index is 140. The molecule has 0 saturated heterocycles. The smallest absolute Gasteiger partial charge is 0.385 e. The van der Waals surface area contributed by atoms with Crippen molar-refractivity contribution in [2.24, 2.45) is 0 Å². The van der Waals surface area contributed by atoms with Gasteiger partial charge in [0.15, 0.2) is 0 Å². The molecular weight excluding hydrogens is 96.0 g/mol. The maximum atomic E-state index is 9.68. The van der Waals surface area contributed by atoms with E-state index in [-0.39, 0.29) is 0 Å². The minimum Gasteiger partial charge on any atom is -0.475 e. The number of aliphatic carboxylic acids is 1. The molecular formula is C4H2O3. The third-order valence-electron chi connectivity index (χ3n) is 0.325. The van der Waals surface area contributed by atoms with E-state index in [2.05, 4.69) is 6.42 Å². The molecule has 36 valence electrons. The lowest BCUT2D eigenvalue weighted by atomic mass is 10.4. The summed E-state index contributed by atoms with van der Waals surface area (Å²) >= 11 is 0. The van der Waals surface area contributed by atoms with Crippen LogP contribution in [0.1, 0.15) is 0 Å². The van der Waals surface area contributed by atoms with E-state index in [0.29, 0.717) is 0 Å². The number of terminal acetylenes is 1. The molecule has 0 unspecified atom stereocenters. The number of rotatable bonds is 1. The Morgan fingerprint density at radius 3 is 2.00 bits per heavy atom. The molecule has 1 N–H and O–H groups in total. The molecule has 3 heteroatoms. The summed E-state index contributed by atoms with van der Waals surface area (Å²) < 4.78 is 0. The van der Waals surface area contributed by atoms with Crippen LogP contribution < -0.4 is 0 Å². The van der Waals surface area contributed by atoms with Gasteiger partial charge in [-0.25, -0.2) is 4.79 Å². The monoisotopic (exact) mass is 98.0 g/mol. The first-order chi connectivity index (χ1) is 3.18. The quantitative estimate of drug-likeness (QED) is 0.267. The van der Waals surface area contributed by atoms with Gasteiger partial charge in [-0.05, 0) is 5.92 Å². The van der Waals surface area contributed by atoms with Crippen molar-refractivity contribution in [2.45, 2.75) is 0 Å². The predicted molar refractivity (Wildman–Crippen MR) is 21.5 cm³/mol. The number of hydrogen-bond donors (Lipinski definition) is 1. The Kier molecular flexibility index (Phi) is 1.61. The van der Waals surface area contributed by atoms with Gasteiger partial charge in [0.25, 0.3) is 0 Å². The van der Waals surface area contributed by atoms with E-state index in [1.54, 1.807) is 0 Å². The van der Waals surface area contributed by atoms with Gasteiger partial charge in [0, 0.05) is 0 Å². The van der Waals surface area contributed by atoms with E-state index in [4.69, 9.17) is 5.11 Å². The molecule has 0 aliphatic rings. The third-order valence-corrected chi connectivity index (χ3v) is 0.325. The van der Waals surface area contributed by atoms with Crippen molar-refractivity contribution in [1.29, 1.82) is 0 Å². The van der Waals surface area contributed by atoms with Crippen LogP contribution in [0.2, 0.25) is 0 Å². The topological polar surface area (TPSA) is 54.4 Å². The Morgan fingerprint density at radius 2 is 2.00 bits per heavy atom. The first-order valence-corrected chi connectivity index (χ1v) is 1.42. The van der Waals surface area contributed by atoms with Crippen molar-refractivity contribution >= 4 is 11.8 Å². The summed E-state index contributed by atoms with van der Waals surface area (Å²) in [5.74, 6) is -1.36. The van der Waals surface area contributed by atoms with Gasteiger partial charge in [-0.1, -0.05) is 0 Å². The Hall–Kier alpha value is -1.30. The first-order valence-electron chi connectivity index (χ1n) is 1.42. The molecule has 0 spiro atoms. The second-order valence-corrected chi connectivity index (χ2v) is 0.779. The summed E-state index contributed by atoms with van der Waals surface area (Å²) in [6.07, 6.45) is 4.39. The highest BCUT2D eigenvalue weighted by molar-refractivity contribution is 6.39. The molecule has 0 bridgehead atoms. The standard InChI is InChI=1S/C4H2O3/c1-2-3(5)4(6)7/h1H,(H,6,7). The Balaban J connectivity index is 3.90. The lowest BCUT2D eigenvalue weighted by Crippen LogP contribution is -2.08. The van der Waals surface area contributed by atoms with Crippen LogP contribution >= 0.6 is 0 Å². The van der Waals surface area contributed by atoms with Crippen LogP contribution in [0.3, 0.4) is 0 Å². The fourth-order valence-corrected chi connectivity index (χ4v) is 0.0617. The van der Waals surface area contributed by atoms with Crippen LogP contribution in [-0.2, 0) is 9.59 Å². The summed E-state index contributed by atoms with van der Waals surface area (Å²) in [6, 6.07) is 0. The molecule has 0 heterocycles. The van der Waals surface area contributed by atoms with Gasteiger partial charge in [0.2, 0.25) is 0 Å². The molecule has 0 aliphatic heterocycles. The van der Waals surface area contributed by atoms with Crippen molar-refractivity contribution in [2.75, 3.05) is 0 Å². The lowest BCUT2D eigenvalue weighted by molar-refractivity contribution is -0.146. The minimum atomic E-state index is -1.58. The van der Waals surface area contributed by atoms with E-state index < -0.39 is 11.8 Å². The zero-order chi connectivity index (χ0) is 5.86. The zero-order valence-electron chi connectivity index (χ0n) is 3.34. The van der Waals surface area contributed by atoms with E-state index in [1.165, 1.54) is 5.92 Å². The molecule has 7 heavy (non-hydrogen) atoms. The maximum Gasteiger partial charge on any atom is 0.385 e. The second-order valence-electron chi connectivity index (χ2n) is 0.779. The molecule has 3 nitrogen and oxygen atoms in total. The second kappa shape index (κ2) is 1.98. The van der Waals surface area contributed by atoms with Crippen LogP contribution in [0.5, 0.6) is 0 Å². The van der Waals surface area contributed by atoms with Gasteiger partial charge < -0.3 is 5.11 Å². The molecule has 0 aromatic heterocycles. The normalized spacial score (nSPS) is 6.71. The highest BCUT2D eigenvalue weighted by atomic mass is 16.4. The van der Waals surface area contributed by atoms with Crippen LogP contribution in [0.4, 0.5) is 0 Å². The number of carboxylic acid groups (broad SMARTS) is 1. The number of carboxylic acids is 1. The van der Waals surface area contributed by atoms with Gasteiger partial charge in [0.1, 0.15) is 0 Å². The van der Waals surface area contributed by atoms with Crippen LogP contribution in [0.15, 0.2) is 0 Å². The predicted octanol–water partition coefficient (Wildman–Crippen LogP) is -0.727. The first kappa shape index (κ1) is 5.70. The SMILES string of the molecule is C#CC(=O)C(=O)O. The number of carbonyl (C=O) groups excluding carboxylic acids is 1. The minimum absolute atomic E-state index is 1.21. The summed E-state index contributed by atoms with van der Waals surface area (Å²) in [5.41, 5.74) is 0. The fourth-order valence-electron chi connectivity index (χ4n) is 0.0617. The Morgan fingerprint density at radius 1 is 1.57 bits per heavy atom. The van der Waals surface area contributed by atoms with Crippen molar-refractivity contribution in [1.82, 2.24) is 0 Å². The van der Waals surface area contributed by atoms with Crippen molar-refractivity contribution < 1.29 is 14.7 Å². The summed E-state index contributed by atoms with van der Waals surface area (Å²) in [6.45, 7) is 0. The van der Waals surface area contributed by atoms with E-state index >= 15 is 0 Å². The van der Waals surface area contributed by atoms with Crippen LogP contribution in [0, 0.1) is 12.3 Å². The molecule has 0 aromatic rings. The molecule has 0 aliphatic carbocycles. The fraction of sp³-hybridized carbons (Fsp3) is 0. The summed E-state index contributed by atoms with van der Waals surface area (Å²) in [4.78, 5) is 19.1. The lowest BCUT2D eigenvalue weighted by Gasteiger charge is -1.72. The largest absolute Gasteiger partial charge is 0.475 e. The van der Waals surface area contributed by atoms with Crippen LogP contribution in [0.25, 0.3) is 0 Å². The number of ketones is 1. The van der Waals surface area contributed by atoms with Gasteiger partial charge in [-0.3, -0.25) is 4.79 Å². The van der Waals surface area contributed by atoms with Crippen LogP contribution in [-0.4, -0.2) is 16.9 Å². The van der Waals surface area contributed by atoms with Gasteiger partial charge in [-0.2, -0.15) is 0 Å². The van der Waals surface area contributed by atoms with Crippen molar-refractivity contribution in [3.8, 4) is 12.3 Å².